The van der Waals surface area contributed by atoms with Gasteiger partial charge in [-0.05, 0) is 18.9 Å². The first-order valence-corrected chi connectivity index (χ1v) is 6.49. The molecule has 0 fully saturated rings. The summed E-state index contributed by atoms with van der Waals surface area (Å²) in [5.74, 6) is -2.36. The minimum atomic E-state index is -0.946. The second-order valence-corrected chi connectivity index (χ2v) is 5.01. The van der Waals surface area contributed by atoms with Crippen LogP contribution in [0.4, 0.5) is 0 Å². The van der Waals surface area contributed by atoms with Gasteiger partial charge in [-0.1, -0.05) is 44.2 Å². The van der Waals surface area contributed by atoms with Gasteiger partial charge in [0.2, 0.25) is 5.91 Å². The molecule has 0 spiro atoms. The SMILES string of the molecule is CC(Cc1ccccc1)NC(=O)C(C)C(C)C(=O)O. The van der Waals surface area contributed by atoms with Crippen LogP contribution in [0.3, 0.4) is 0 Å². The van der Waals surface area contributed by atoms with Crippen molar-refractivity contribution < 1.29 is 14.7 Å². The van der Waals surface area contributed by atoms with Gasteiger partial charge in [0.15, 0.2) is 0 Å². The van der Waals surface area contributed by atoms with E-state index in [1.54, 1.807) is 13.8 Å². The van der Waals surface area contributed by atoms with Crippen LogP contribution in [0.5, 0.6) is 0 Å². The van der Waals surface area contributed by atoms with Gasteiger partial charge in [-0.3, -0.25) is 9.59 Å². The summed E-state index contributed by atoms with van der Waals surface area (Å²) >= 11 is 0. The van der Waals surface area contributed by atoms with Crippen molar-refractivity contribution in [3.05, 3.63) is 35.9 Å². The van der Waals surface area contributed by atoms with Crippen LogP contribution in [0, 0.1) is 11.8 Å². The smallest absolute Gasteiger partial charge is 0.307 e. The van der Waals surface area contributed by atoms with Gasteiger partial charge in [-0.2, -0.15) is 0 Å². The van der Waals surface area contributed by atoms with Crippen molar-refractivity contribution in [3.8, 4) is 0 Å². The van der Waals surface area contributed by atoms with Crippen molar-refractivity contribution in [1.82, 2.24) is 5.32 Å². The number of nitrogens with one attached hydrogen (secondary N) is 1. The zero-order valence-corrected chi connectivity index (χ0v) is 11.6. The number of carboxylic acids is 1. The Morgan fingerprint density at radius 2 is 1.68 bits per heavy atom. The van der Waals surface area contributed by atoms with Crippen LogP contribution in [0.1, 0.15) is 26.3 Å². The Kier molecular flexibility index (Phi) is 5.55. The second kappa shape index (κ2) is 6.92. The molecule has 4 heteroatoms. The molecule has 0 saturated heterocycles. The number of carbonyl (C=O) groups excluding carboxylic acids is 1. The molecule has 4 nitrogen and oxygen atoms in total. The average Bonchev–Trinajstić information content (AvgIpc) is 2.37. The molecule has 104 valence electrons. The molecule has 1 amide bonds. The van der Waals surface area contributed by atoms with Gasteiger partial charge in [-0.25, -0.2) is 0 Å². The number of carboxylic acid groups (broad SMARTS) is 1. The molecular weight excluding hydrogens is 242 g/mol. The number of carbonyl (C=O) groups is 2. The van der Waals surface area contributed by atoms with E-state index in [2.05, 4.69) is 5.32 Å². The zero-order valence-electron chi connectivity index (χ0n) is 11.6. The number of aliphatic carboxylic acids is 1. The van der Waals surface area contributed by atoms with E-state index in [9.17, 15) is 9.59 Å². The highest BCUT2D eigenvalue weighted by molar-refractivity contribution is 5.84. The van der Waals surface area contributed by atoms with Crippen LogP contribution in [0.2, 0.25) is 0 Å². The van der Waals surface area contributed by atoms with E-state index in [4.69, 9.17) is 5.11 Å². The quantitative estimate of drug-likeness (QED) is 0.826. The van der Waals surface area contributed by atoms with Gasteiger partial charge >= 0.3 is 5.97 Å². The lowest BCUT2D eigenvalue weighted by atomic mass is 9.95. The molecule has 3 unspecified atom stereocenters. The first-order chi connectivity index (χ1) is 8.91. The Morgan fingerprint density at radius 1 is 1.11 bits per heavy atom. The fourth-order valence-corrected chi connectivity index (χ4v) is 1.83. The molecule has 0 heterocycles. The molecule has 0 saturated carbocycles. The van der Waals surface area contributed by atoms with Crippen LogP contribution in [0.25, 0.3) is 0 Å². The van der Waals surface area contributed by atoms with Gasteiger partial charge in [0.05, 0.1) is 5.92 Å². The van der Waals surface area contributed by atoms with Crippen molar-refractivity contribution in [1.29, 1.82) is 0 Å². The maximum Gasteiger partial charge on any atom is 0.307 e. The van der Waals surface area contributed by atoms with E-state index in [1.165, 1.54) is 0 Å². The lowest BCUT2D eigenvalue weighted by molar-refractivity contribution is -0.146. The normalized spacial score (nSPS) is 15.3. The van der Waals surface area contributed by atoms with Crippen molar-refractivity contribution in [2.24, 2.45) is 11.8 Å². The largest absolute Gasteiger partial charge is 0.481 e. The molecule has 0 bridgehead atoms. The van der Waals surface area contributed by atoms with Crippen molar-refractivity contribution in [2.45, 2.75) is 33.2 Å². The lowest BCUT2D eigenvalue weighted by Crippen LogP contribution is -2.40. The van der Waals surface area contributed by atoms with Crippen LogP contribution < -0.4 is 5.32 Å². The Balaban J connectivity index is 2.50. The maximum atomic E-state index is 11.9. The standard InChI is InChI=1S/C15H21NO3/c1-10(9-13-7-5-4-6-8-13)16-14(17)11(2)12(3)15(18)19/h4-8,10-12H,9H2,1-3H3,(H,16,17)(H,18,19). The Hall–Kier alpha value is -1.84. The summed E-state index contributed by atoms with van der Waals surface area (Å²) in [5, 5.41) is 11.8. The maximum absolute atomic E-state index is 11.9. The Labute approximate surface area is 113 Å². The topological polar surface area (TPSA) is 66.4 Å². The third-order valence-electron chi connectivity index (χ3n) is 3.33. The summed E-state index contributed by atoms with van der Waals surface area (Å²) < 4.78 is 0. The van der Waals surface area contributed by atoms with Crippen LogP contribution >= 0.6 is 0 Å². The summed E-state index contributed by atoms with van der Waals surface area (Å²) in [7, 11) is 0. The first-order valence-electron chi connectivity index (χ1n) is 6.49. The van der Waals surface area contributed by atoms with Gasteiger partial charge < -0.3 is 10.4 Å². The number of amides is 1. The minimum Gasteiger partial charge on any atom is -0.481 e. The second-order valence-electron chi connectivity index (χ2n) is 5.01. The molecular formula is C15H21NO3. The van der Waals surface area contributed by atoms with Crippen molar-refractivity contribution in [3.63, 3.8) is 0 Å². The molecule has 1 rings (SSSR count). The van der Waals surface area contributed by atoms with Crippen molar-refractivity contribution >= 4 is 11.9 Å². The van der Waals surface area contributed by atoms with E-state index in [1.807, 2.05) is 37.3 Å². The molecule has 2 N–H and O–H groups in total. The van der Waals surface area contributed by atoms with Gasteiger partial charge in [0, 0.05) is 12.0 Å². The molecule has 1 aromatic rings. The van der Waals surface area contributed by atoms with Gasteiger partial charge in [-0.15, -0.1) is 0 Å². The van der Waals surface area contributed by atoms with Gasteiger partial charge in [0.25, 0.3) is 0 Å². The number of rotatable bonds is 6. The molecule has 1 aromatic carbocycles. The highest BCUT2D eigenvalue weighted by atomic mass is 16.4. The summed E-state index contributed by atoms with van der Waals surface area (Å²) in [6.07, 6.45) is 0.737. The van der Waals surface area contributed by atoms with E-state index in [-0.39, 0.29) is 11.9 Å². The number of benzene rings is 1. The van der Waals surface area contributed by atoms with Crippen LogP contribution in [-0.4, -0.2) is 23.0 Å². The summed E-state index contributed by atoms with van der Waals surface area (Å²) in [6.45, 7) is 5.11. The third kappa shape index (κ3) is 4.73. The third-order valence-corrected chi connectivity index (χ3v) is 3.33. The predicted octanol–water partition coefficient (Wildman–Crippen LogP) is 2.09. The van der Waals surface area contributed by atoms with E-state index in [0.29, 0.717) is 0 Å². The highest BCUT2D eigenvalue weighted by Crippen LogP contribution is 2.12. The average molecular weight is 263 g/mol. The molecule has 0 aliphatic heterocycles. The van der Waals surface area contributed by atoms with E-state index in [0.717, 1.165) is 12.0 Å². The highest BCUT2D eigenvalue weighted by Gasteiger charge is 2.26. The summed E-state index contributed by atoms with van der Waals surface area (Å²) in [5.41, 5.74) is 1.15. The fourth-order valence-electron chi connectivity index (χ4n) is 1.83. The monoisotopic (exact) mass is 263 g/mol. The molecule has 3 atom stereocenters. The number of hydrogen-bond acceptors (Lipinski definition) is 2. The molecule has 0 aliphatic rings. The Morgan fingerprint density at radius 3 is 2.21 bits per heavy atom. The van der Waals surface area contributed by atoms with Gasteiger partial charge in [0.1, 0.15) is 0 Å². The number of hydrogen-bond donors (Lipinski definition) is 2. The van der Waals surface area contributed by atoms with E-state index >= 15 is 0 Å². The summed E-state index contributed by atoms with van der Waals surface area (Å²) in [6, 6.07) is 9.86. The van der Waals surface area contributed by atoms with E-state index < -0.39 is 17.8 Å². The molecule has 0 aromatic heterocycles. The molecule has 0 radical (unpaired) electrons. The zero-order chi connectivity index (χ0) is 14.4. The predicted molar refractivity (Wildman–Crippen MR) is 73.7 cm³/mol. The minimum absolute atomic E-state index is 0.0154. The molecule has 19 heavy (non-hydrogen) atoms. The van der Waals surface area contributed by atoms with Crippen molar-refractivity contribution in [2.75, 3.05) is 0 Å². The van der Waals surface area contributed by atoms with Crippen LogP contribution in [0.15, 0.2) is 30.3 Å². The summed E-state index contributed by atoms with van der Waals surface area (Å²) in [4.78, 5) is 22.8. The Bertz CT molecular complexity index is 430. The molecule has 0 aliphatic carbocycles. The lowest BCUT2D eigenvalue weighted by Gasteiger charge is -2.20. The first kappa shape index (κ1) is 15.2. The van der Waals surface area contributed by atoms with Crippen LogP contribution in [-0.2, 0) is 16.0 Å². The fraction of sp³-hybridized carbons (Fsp3) is 0.467.